The van der Waals surface area contributed by atoms with Crippen molar-refractivity contribution in [3.63, 3.8) is 0 Å². The summed E-state index contributed by atoms with van der Waals surface area (Å²) in [7, 11) is -3.80. The minimum absolute atomic E-state index is 0.0339. The van der Waals surface area contributed by atoms with Crippen LogP contribution in [-0.2, 0) is 14.8 Å². The third kappa shape index (κ3) is 4.99. The molecule has 0 saturated carbocycles. The Morgan fingerprint density at radius 2 is 1.68 bits per heavy atom. The van der Waals surface area contributed by atoms with Crippen LogP contribution in [0.15, 0.2) is 35.2 Å². The molecule has 0 aliphatic carbocycles. The van der Waals surface area contributed by atoms with Crippen LogP contribution in [0, 0.1) is 19.8 Å². The number of nitrogens with zero attached hydrogens (tertiary/aromatic N) is 2. The van der Waals surface area contributed by atoms with Crippen molar-refractivity contribution in [1.82, 2.24) is 9.97 Å². The molecule has 2 N–H and O–H groups in total. The third-order valence-corrected chi connectivity index (χ3v) is 5.04. The lowest BCUT2D eigenvalue weighted by Crippen LogP contribution is -2.20. The van der Waals surface area contributed by atoms with E-state index < -0.39 is 10.0 Å². The van der Waals surface area contributed by atoms with E-state index in [0.717, 1.165) is 6.42 Å². The molecular weight excluding hydrogens is 340 g/mol. The number of nitrogens with one attached hydrogen (secondary N) is 2. The number of hydrogen-bond donors (Lipinski definition) is 2. The summed E-state index contributed by atoms with van der Waals surface area (Å²) in [4.78, 5) is 20.1. The fraction of sp³-hybridized carbons (Fsp3) is 0.353. The Hall–Kier alpha value is -2.48. The number of carbonyl (C=O) groups is 1. The van der Waals surface area contributed by atoms with Gasteiger partial charge in [0, 0.05) is 23.0 Å². The highest BCUT2D eigenvalue weighted by Gasteiger charge is 2.17. The molecular formula is C17H22N4O3S. The lowest BCUT2D eigenvalue weighted by Gasteiger charge is -2.11. The number of hydrogen-bond acceptors (Lipinski definition) is 5. The standard InChI is InChI=1S/C17H22N4O3S/c1-5-11(2)16(22)20-14-6-8-15(9-7-14)25(23,24)21-17-18-12(3)10-13(4)19-17/h6-11H,5H2,1-4H3,(H,20,22)(H,18,19,21)/t11-/m0/s1. The summed E-state index contributed by atoms with van der Waals surface area (Å²) in [6.45, 7) is 7.30. The van der Waals surface area contributed by atoms with Crippen LogP contribution in [0.2, 0.25) is 0 Å². The lowest BCUT2D eigenvalue weighted by atomic mass is 10.1. The Labute approximate surface area is 148 Å². The molecule has 1 atom stereocenters. The highest BCUT2D eigenvalue weighted by molar-refractivity contribution is 7.92. The minimum Gasteiger partial charge on any atom is -0.326 e. The summed E-state index contributed by atoms with van der Waals surface area (Å²) in [5.41, 5.74) is 1.90. The summed E-state index contributed by atoms with van der Waals surface area (Å²) in [5, 5.41) is 2.76. The number of amides is 1. The van der Waals surface area contributed by atoms with Crippen LogP contribution in [0.5, 0.6) is 0 Å². The fourth-order valence-corrected chi connectivity index (χ4v) is 3.06. The molecule has 7 nitrogen and oxygen atoms in total. The second-order valence-electron chi connectivity index (χ2n) is 5.90. The van der Waals surface area contributed by atoms with Gasteiger partial charge in [-0.1, -0.05) is 13.8 Å². The van der Waals surface area contributed by atoms with Gasteiger partial charge in [-0.3, -0.25) is 4.79 Å². The zero-order valence-electron chi connectivity index (χ0n) is 14.7. The summed E-state index contributed by atoms with van der Waals surface area (Å²) in [6, 6.07) is 7.72. The molecule has 0 spiro atoms. The van der Waals surface area contributed by atoms with Gasteiger partial charge in [0.15, 0.2) is 0 Å². The largest absolute Gasteiger partial charge is 0.326 e. The first-order valence-electron chi connectivity index (χ1n) is 7.97. The summed E-state index contributed by atoms with van der Waals surface area (Å²) >= 11 is 0. The Kier molecular flexibility index (Phi) is 5.73. The number of carbonyl (C=O) groups excluding carboxylic acids is 1. The van der Waals surface area contributed by atoms with E-state index in [4.69, 9.17) is 0 Å². The molecule has 0 radical (unpaired) electrons. The van der Waals surface area contributed by atoms with Crippen LogP contribution in [0.1, 0.15) is 31.7 Å². The van der Waals surface area contributed by atoms with Crippen LogP contribution in [0.4, 0.5) is 11.6 Å². The lowest BCUT2D eigenvalue weighted by molar-refractivity contribution is -0.119. The minimum atomic E-state index is -3.80. The number of anilines is 2. The highest BCUT2D eigenvalue weighted by Crippen LogP contribution is 2.18. The van der Waals surface area contributed by atoms with Crippen molar-refractivity contribution in [1.29, 1.82) is 0 Å². The molecule has 1 aromatic carbocycles. The van der Waals surface area contributed by atoms with Crippen LogP contribution in [0.3, 0.4) is 0 Å². The van der Waals surface area contributed by atoms with Crippen molar-refractivity contribution >= 4 is 27.6 Å². The SMILES string of the molecule is CC[C@H](C)C(=O)Nc1ccc(S(=O)(=O)Nc2nc(C)cc(C)n2)cc1. The van der Waals surface area contributed by atoms with E-state index in [0.29, 0.717) is 17.1 Å². The second-order valence-corrected chi connectivity index (χ2v) is 7.59. The van der Waals surface area contributed by atoms with E-state index >= 15 is 0 Å². The molecule has 0 aliphatic rings. The molecule has 25 heavy (non-hydrogen) atoms. The molecule has 1 aromatic heterocycles. The van der Waals surface area contributed by atoms with Crippen LogP contribution >= 0.6 is 0 Å². The van der Waals surface area contributed by atoms with Gasteiger partial charge in [0.1, 0.15) is 0 Å². The maximum absolute atomic E-state index is 12.4. The van der Waals surface area contributed by atoms with Gasteiger partial charge in [-0.05, 0) is 50.6 Å². The van der Waals surface area contributed by atoms with E-state index in [1.165, 1.54) is 12.1 Å². The zero-order chi connectivity index (χ0) is 18.6. The van der Waals surface area contributed by atoms with E-state index in [2.05, 4.69) is 20.0 Å². The average molecular weight is 362 g/mol. The molecule has 1 heterocycles. The van der Waals surface area contributed by atoms with Crippen molar-refractivity contribution in [3.8, 4) is 0 Å². The molecule has 2 rings (SSSR count). The van der Waals surface area contributed by atoms with E-state index in [1.54, 1.807) is 32.0 Å². The van der Waals surface area contributed by atoms with Crippen molar-refractivity contribution < 1.29 is 13.2 Å². The Morgan fingerprint density at radius 1 is 1.12 bits per heavy atom. The van der Waals surface area contributed by atoms with Crippen molar-refractivity contribution in [2.75, 3.05) is 10.0 Å². The number of aryl methyl sites for hydroxylation is 2. The summed E-state index contributed by atoms with van der Waals surface area (Å²) in [5.74, 6) is -0.168. The third-order valence-electron chi connectivity index (χ3n) is 3.70. The first-order chi connectivity index (χ1) is 11.7. The van der Waals surface area contributed by atoms with Gasteiger partial charge >= 0.3 is 0 Å². The highest BCUT2D eigenvalue weighted by atomic mass is 32.2. The van der Waals surface area contributed by atoms with Crippen molar-refractivity contribution in [2.45, 2.75) is 39.0 Å². The second kappa shape index (κ2) is 7.60. The molecule has 0 bridgehead atoms. The van der Waals surface area contributed by atoms with Gasteiger partial charge in [-0.2, -0.15) is 0 Å². The number of sulfonamides is 1. The predicted octanol–water partition coefficient (Wildman–Crippen LogP) is 2.88. The van der Waals surface area contributed by atoms with E-state index in [9.17, 15) is 13.2 Å². The van der Waals surface area contributed by atoms with Gasteiger partial charge in [-0.15, -0.1) is 0 Å². The fourth-order valence-electron chi connectivity index (χ4n) is 2.12. The van der Waals surface area contributed by atoms with Gasteiger partial charge in [0.2, 0.25) is 11.9 Å². The average Bonchev–Trinajstić information content (AvgIpc) is 2.53. The zero-order valence-corrected chi connectivity index (χ0v) is 15.5. The Morgan fingerprint density at radius 3 is 2.20 bits per heavy atom. The smallest absolute Gasteiger partial charge is 0.264 e. The maximum atomic E-state index is 12.4. The summed E-state index contributed by atoms with van der Waals surface area (Å²) < 4.78 is 27.2. The van der Waals surface area contributed by atoms with E-state index in [-0.39, 0.29) is 22.7 Å². The van der Waals surface area contributed by atoms with Gasteiger partial charge in [0.05, 0.1) is 4.90 Å². The number of rotatable bonds is 6. The van der Waals surface area contributed by atoms with E-state index in [1.807, 2.05) is 13.8 Å². The molecule has 0 unspecified atom stereocenters. The first kappa shape index (κ1) is 18.9. The van der Waals surface area contributed by atoms with Crippen molar-refractivity contribution in [3.05, 3.63) is 41.7 Å². The van der Waals surface area contributed by atoms with Crippen LogP contribution < -0.4 is 10.0 Å². The number of aromatic nitrogens is 2. The molecule has 2 aromatic rings. The van der Waals surface area contributed by atoms with Gasteiger partial charge in [-0.25, -0.2) is 23.1 Å². The molecule has 0 aliphatic heterocycles. The Balaban J connectivity index is 2.16. The monoisotopic (exact) mass is 362 g/mol. The topological polar surface area (TPSA) is 101 Å². The van der Waals surface area contributed by atoms with Crippen LogP contribution in [0.25, 0.3) is 0 Å². The maximum Gasteiger partial charge on any atom is 0.264 e. The molecule has 8 heteroatoms. The summed E-state index contributed by atoms with van der Waals surface area (Å²) in [6.07, 6.45) is 0.734. The predicted molar refractivity (Wildman–Crippen MR) is 96.8 cm³/mol. The Bertz CT molecular complexity index is 844. The molecule has 134 valence electrons. The first-order valence-corrected chi connectivity index (χ1v) is 9.45. The quantitative estimate of drug-likeness (QED) is 0.823. The molecule has 0 fully saturated rings. The van der Waals surface area contributed by atoms with Crippen molar-refractivity contribution in [2.24, 2.45) is 5.92 Å². The normalized spacial score (nSPS) is 12.5. The van der Waals surface area contributed by atoms with Gasteiger partial charge in [0.25, 0.3) is 10.0 Å². The van der Waals surface area contributed by atoms with Gasteiger partial charge < -0.3 is 5.32 Å². The molecule has 0 saturated heterocycles. The van der Waals surface area contributed by atoms with Crippen LogP contribution in [-0.4, -0.2) is 24.3 Å². The molecule has 1 amide bonds. The number of benzene rings is 1.